The number of benzene rings is 1. The number of carboxylic acid groups (broad SMARTS) is 4. The van der Waals surface area contributed by atoms with Crippen molar-refractivity contribution in [2.45, 2.75) is 85.1 Å². The van der Waals surface area contributed by atoms with Gasteiger partial charge in [-0.15, -0.1) is 46.6 Å². The van der Waals surface area contributed by atoms with Crippen LogP contribution in [0.15, 0.2) is 106 Å². The number of thioether (sulfide) groups is 3. The minimum atomic E-state index is -5.05. The van der Waals surface area contributed by atoms with E-state index < -0.39 is 133 Å². The number of primary amides is 2. The average molecular weight is 1370 g/mol. The Bertz CT molecular complexity index is 3700. The molecule has 9 rings (SSSR count). The lowest BCUT2D eigenvalue weighted by Gasteiger charge is -2.55. The lowest BCUT2D eigenvalue weighted by molar-refractivity contribution is -0.689. The van der Waals surface area contributed by atoms with Crippen LogP contribution in [0, 0.1) is 11.8 Å². The number of aliphatic carboxylic acids is 4. The van der Waals surface area contributed by atoms with Gasteiger partial charge < -0.3 is 66.5 Å². The molecule has 92 heavy (non-hydrogen) atoms. The lowest BCUT2D eigenvalue weighted by atomic mass is 9.89. The van der Waals surface area contributed by atoms with Gasteiger partial charge in [-0.2, -0.15) is 0 Å². The van der Waals surface area contributed by atoms with Crippen LogP contribution in [0.3, 0.4) is 0 Å². The molecule has 0 bridgehead atoms. The summed E-state index contributed by atoms with van der Waals surface area (Å²) in [5.41, 5.74) is 14.3. The fourth-order valence-electron chi connectivity index (χ4n) is 10.5. The number of amides is 6. The fraction of sp³-hybridized carbons (Fsp3) is 0.393. The number of carboxylic acids is 4. The Morgan fingerprint density at radius 2 is 1.34 bits per heavy atom. The molecule has 10 N–H and O–H groups in total. The van der Waals surface area contributed by atoms with Gasteiger partial charge in [0.25, 0.3) is 11.6 Å². The van der Waals surface area contributed by atoms with Gasteiger partial charge in [0, 0.05) is 84.3 Å². The largest absolute Gasteiger partial charge is 0.747 e. The molecule has 6 aliphatic heterocycles. The Labute approximate surface area is 539 Å². The molecule has 8 heterocycles. The van der Waals surface area contributed by atoms with Crippen LogP contribution in [0.25, 0.3) is 0 Å². The summed E-state index contributed by atoms with van der Waals surface area (Å²) >= 11 is 5.15. The summed E-state index contributed by atoms with van der Waals surface area (Å²) in [5.74, 6) is -10.8. The number of nitrogens with two attached hydrogens (primary N) is 3. The number of nitrogens with one attached hydrogen (secondary N) is 1. The fourth-order valence-corrected chi connectivity index (χ4v) is 16.3. The molecule has 0 aliphatic carbocycles. The molecule has 8 atom stereocenters. The van der Waals surface area contributed by atoms with Crippen molar-refractivity contribution in [3.8, 4) is 0 Å². The van der Waals surface area contributed by atoms with Crippen LogP contribution < -0.4 is 32.2 Å². The van der Waals surface area contributed by atoms with Crippen molar-refractivity contribution in [2.75, 3.05) is 37.6 Å². The minimum Gasteiger partial charge on any atom is -0.747 e. The second-order valence-electron chi connectivity index (χ2n) is 20.9. The number of ether oxygens (including phenoxy) is 3. The SMILES string of the molecule is CC(=O)OCC1=C(C(=O)O)N2C(=O)[C@@H](CC(=O)CCC[C@@H](N)C(=O)O)[C@H]2SC1.CO[C@@]1(NC(=O)Cc2cccs2)C(=O)N2C(C(=O)O)=C(COC(N)=O)CS[C@@H]21.NC(=O)c1cc[n+](CC2=C(C(=O)[O-])N3C(=O)[C@@H](CC(=O)[C@@H](c4ccccc4)S(=O)(=O)[O-])[C@H]3SC2)cc1. The zero-order chi connectivity index (χ0) is 67.7. The van der Waals surface area contributed by atoms with Gasteiger partial charge in [-0.25, -0.2) is 27.4 Å². The Morgan fingerprint density at radius 3 is 1.86 bits per heavy atom. The van der Waals surface area contributed by atoms with Crippen LogP contribution in [0.5, 0.6) is 0 Å². The van der Waals surface area contributed by atoms with E-state index in [0.717, 1.165) is 19.6 Å². The van der Waals surface area contributed by atoms with Crippen molar-refractivity contribution in [1.82, 2.24) is 20.0 Å². The first-order chi connectivity index (χ1) is 43.4. The molecule has 2 aromatic heterocycles. The van der Waals surface area contributed by atoms with E-state index >= 15 is 0 Å². The summed E-state index contributed by atoms with van der Waals surface area (Å²) in [6.07, 6.45) is 2.15. The van der Waals surface area contributed by atoms with Gasteiger partial charge in [0.05, 0.1) is 46.2 Å². The van der Waals surface area contributed by atoms with Crippen LogP contribution in [0.2, 0.25) is 0 Å². The Balaban J connectivity index is 0.000000198. The molecular weight excluding hydrogens is 1310 g/mol. The number of hydrogen-bond acceptors (Lipinski definition) is 25. The van der Waals surface area contributed by atoms with E-state index in [0.29, 0.717) is 17.6 Å². The topological polar surface area (TPSA) is 494 Å². The summed E-state index contributed by atoms with van der Waals surface area (Å²) in [4.78, 5) is 159. The molecule has 1 aromatic carbocycles. The van der Waals surface area contributed by atoms with Crippen molar-refractivity contribution < 1.29 is 115 Å². The van der Waals surface area contributed by atoms with Gasteiger partial charge in [-0.3, -0.25) is 57.9 Å². The van der Waals surface area contributed by atoms with Gasteiger partial charge in [0.1, 0.15) is 57.2 Å². The average Bonchev–Trinajstić information content (AvgIpc) is 0.741. The van der Waals surface area contributed by atoms with E-state index in [1.165, 1.54) is 97.1 Å². The number of pyridine rings is 1. The van der Waals surface area contributed by atoms with Crippen LogP contribution in [0.4, 0.5) is 4.79 Å². The van der Waals surface area contributed by atoms with Gasteiger partial charge in [-0.05, 0) is 29.9 Å². The first kappa shape index (κ1) is 70.9. The Morgan fingerprint density at radius 1 is 0.772 bits per heavy atom. The van der Waals surface area contributed by atoms with Crippen LogP contribution in [-0.4, -0.2) is 186 Å². The van der Waals surface area contributed by atoms with Crippen LogP contribution in [-0.2, 0) is 90.0 Å². The lowest BCUT2D eigenvalue weighted by Crippen LogP contribution is -2.80. The van der Waals surface area contributed by atoms with E-state index in [4.69, 9.17) is 31.8 Å². The molecule has 6 amide bonds. The van der Waals surface area contributed by atoms with E-state index in [2.05, 4.69) is 10.1 Å². The maximum atomic E-state index is 12.9. The summed E-state index contributed by atoms with van der Waals surface area (Å²) in [5, 5.41) is 40.2. The highest BCUT2D eigenvalue weighted by molar-refractivity contribution is 8.00. The van der Waals surface area contributed by atoms with Crippen molar-refractivity contribution in [3.63, 3.8) is 0 Å². The van der Waals surface area contributed by atoms with Crippen molar-refractivity contribution in [1.29, 1.82) is 0 Å². The van der Waals surface area contributed by atoms with Gasteiger partial charge in [-0.1, -0.05) is 36.4 Å². The number of carbonyl (C=O) groups excluding carboxylic acids is 10. The number of esters is 1. The highest BCUT2D eigenvalue weighted by Gasteiger charge is 2.67. The number of Topliss-reactive ketones (excluding diaryl/α,β-unsaturated/α-hetero) is 2. The first-order valence-electron chi connectivity index (χ1n) is 27.4. The van der Waals surface area contributed by atoms with Gasteiger partial charge in [0.2, 0.25) is 23.6 Å². The molecule has 3 aromatic rings. The maximum Gasteiger partial charge on any atom is 0.404 e. The molecule has 3 fully saturated rings. The smallest absolute Gasteiger partial charge is 0.404 e. The highest BCUT2D eigenvalue weighted by atomic mass is 32.2. The molecule has 0 spiro atoms. The highest BCUT2D eigenvalue weighted by Crippen LogP contribution is 2.49. The molecular formula is C56H59N8O23S5-. The molecule has 3 saturated heterocycles. The number of methoxy groups -OCH3 is 1. The van der Waals surface area contributed by atoms with Gasteiger partial charge >= 0.3 is 30.0 Å². The molecule has 36 heteroatoms. The third kappa shape index (κ3) is 16.0. The molecule has 0 unspecified atom stereocenters. The summed E-state index contributed by atoms with van der Waals surface area (Å²) < 4.78 is 52.0. The third-order valence-electron chi connectivity index (χ3n) is 14.8. The number of rotatable bonds is 26. The van der Waals surface area contributed by atoms with Crippen LogP contribution >= 0.6 is 46.6 Å². The number of fused-ring (bicyclic) bond motifs is 3. The number of thiophene rings is 1. The van der Waals surface area contributed by atoms with Crippen molar-refractivity contribution in [3.05, 3.63) is 122 Å². The van der Waals surface area contributed by atoms with Gasteiger partial charge in [0.15, 0.2) is 24.7 Å². The molecule has 6 aliphatic rings. The summed E-state index contributed by atoms with van der Waals surface area (Å²) in [7, 11) is -3.77. The third-order valence-corrected chi connectivity index (χ3v) is 21.0. The van der Waals surface area contributed by atoms with E-state index in [9.17, 15) is 90.6 Å². The minimum absolute atomic E-state index is 0.00871. The molecule has 0 radical (unpaired) electrons. The van der Waals surface area contributed by atoms with E-state index in [1.807, 2.05) is 11.4 Å². The first-order valence-corrected chi connectivity index (χ1v) is 32.9. The number of β-lactam (4-membered cyclic amide) rings is 3. The predicted molar refractivity (Wildman–Crippen MR) is 318 cm³/mol. The zero-order valence-electron chi connectivity index (χ0n) is 48.5. The van der Waals surface area contributed by atoms with Crippen molar-refractivity contribution in [2.24, 2.45) is 29.0 Å². The standard InChI is InChI=1S/C23H21N3O8S2.C17H22N2O8S.C16H17N3O7S2/c24-20(28)14-6-8-25(9-7-14)11-15-12-35-22-16(21(29)26(22)18(15)23(30)31)10-17(27)19(36(32,33)34)13-4-2-1-3-5-13;1-8(20)27-6-9-7-28-15-11(14(22)19(15)13(9)17(25)26)5-10(21)3-2-4-12(18)16(23)24;1-25-16(18-10(20)5-9-3-2-4-27-9)13(23)19-11(12(21)22)8(6-26-15(17)24)7-28-14(16)19/h1-9,16,19,22H,10-12H2,(H3-,24,28,30,31,32,33,34);11-12,15H,2-7,18H2,1H3,(H,23,24)(H,25,26);2-4,14H,5-7H2,1H3,(H2,17,24)(H,18,20)(H,21,22)/p-1/t16-,19-,22-;11-,12-,15-;14-,16+/m111/s1. The van der Waals surface area contributed by atoms with Crippen molar-refractivity contribution >= 4 is 134 Å². The molecule has 492 valence electrons. The zero-order valence-corrected chi connectivity index (χ0v) is 52.6. The number of aromatic nitrogens is 1. The van der Waals surface area contributed by atoms with Crippen LogP contribution in [0.1, 0.15) is 65.1 Å². The van der Waals surface area contributed by atoms with E-state index in [1.54, 1.807) is 29.1 Å². The van der Waals surface area contributed by atoms with E-state index in [-0.39, 0.29) is 102 Å². The quantitative estimate of drug-likeness (QED) is 0.0165. The Hall–Kier alpha value is -8.52. The molecule has 0 saturated carbocycles. The molecule has 31 nitrogen and oxygen atoms in total. The number of ketones is 2. The Kier molecular flexibility index (Phi) is 23.3. The normalized spacial score (nSPS) is 21.9. The summed E-state index contributed by atoms with van der Waals surface area (Å²) in [6, 6.07) is 12.8. The second kappa shape index (κ2) is 30.3. The monoisotopic (exact) mass is 1370 g/mol. The second-order valence-corrected chi connectivity index (χ2v) is 26.7. The summed E-state index contributed by atoms with van der Waals surface area (Å²) in [6.45, 7) is 0.762. The number of nitrogens with zero attached hydrogens (tertiary/aromatic N) is 4. The maximum absolute atomic E-state index is 12.9. The number of hydrogen-bond donors (Lipinski definition) is 7. The predicted octanol–water partition coefficient (Wildman–Crippen LogP) is -1.09. The number of carbonyl (C=O) groups is 13.